The summed E-state index contributed by atoms with van der Waals surface area (Å²) in [5, 5.41) is 2.55. The van der Waals surface area contributed by atoms with Crippen molar-refractivity contribution in [3.63, 3.8) is 0 Å². The van der Waals surface area contributed by atoms with E-state index < -0.39 is 23.0 Å². The van der Waals surface area contributed by atoms with E-state index in [2.05, 4.69) is 10.3 Å². The molecular formula is C23H22ClFN4O2S. The highest BCUT2D eigenvalue weighted by Gasteiger charge is 2.43. The summed E-state index contributed by atoms with van der Waals surface area (Å²) in [5.41, 5.74) is 1.52. The number of hydrogen-bond acceptors (Lipinski definition) is 5. The molecule has 0 aromatic heterocycles. The molecular weight excluding hydrogens is 451 g/mol. The Bertz CT molecular complexity index is 1150. The van der Waals surface area contributed by atoms with Gasteiger partial charge in [0.1, 0.15) is 17.7 Å². The fourth-order valence-electron chi connectivity index (χ4n) is 3.48. The van der Waals surface area contributed by atoms with Crippen molar-refractivity contribution in [1.29, 1.82) is 0 Å². The number of benzene rings is 2. The molecule has 6 nitrogen and oxygen atoms in total. The number of rotatable bonds is 5. The summed E-state index contributed by atoms with van der Waals surface area (Å²) in [7, 11) is 0. The van der Waals surface area contributed by atoms with E-state index in [1.807, 2.05) is 38.1 Å². The van der Waals surface area contributed by atoms with Crippen LogP contribution in [0.15, 0.2) is 52.4 Å². The lowest BCUT2D eigenvalue weighted by atomic mass is 10.00. The van der Waals surface area contributed by atoms with Gasteiger partial charge in [0, 0.05) is 10.6 Å². The van der Waals surface area contributed by atoms with Crippen LogP contribution >= 0.6 is 23.4 Å². The van der Waals surface area contributed by atoms with Gasteiger partial charge in [0.05, 0.1) is 16.6 Å². The Kier molecular flexibility index (Phi) is 6.35. The molecule has 2 aromatic carbocycles. The third-order valence-electron chi connectivity index (χ3n) is 5.52. The molecule has 0 saturated carbocycles. The molecule has 0 saturated heterocycles. The molecule has 2 amide bonds. The lowest BCUT2D eigenvalue weighted by Crippen LogP contribution is -2.43. The number of halogens is 2. The second kappa shape index (κ2) is 9.03. The molecule has 2 heterocycles. The highest BCUT2D eigenvalue weighted by Crippen LogP contribution is 2.36. The Morgan fingerprint density at radius 1 is 1.28 bits per heavy atom. The molecule has 0 radical (unpaired) electrons. The van der Waals surface area contributed by atoms with E-state index in [4.69, 9.17) is 16.6 Å². The number of carbonyl (C=O) groups excluding carboxylic acids is 2. The maximum absolute atomic E-state index is 14.1. The zero-order chi connectivity index (χ0) is 23.0. The smallest absolute Gasteiger partial charge is 0.259 e. The van der Waals surface area contributed by atoms with Gasteiger partial charge in [0.25, 0.3) is 5.91 Å². The summed E-state index contributed by atoms with van der Waals surface area (Å²) < 4.78 is 14.1. The van der Waals surface area contributed by atoms with Crippen LogP contribution in [0.4, 0.5) is 15.8 Å². The minimum absolute atomic E-state index is 0.0408. The molecule has 3 atom stereocenters. The van der Waals surface area contributed by atoms with Crippen molar-refractivity contribution < 1.29 is 14.0 Å². The first-order valence-corrected chi connectivity index (χ1v) is 11.6. The molecule has 1 N–H and O–H groups in total. The van der Waals surface area contributed by atoms with Crippen molar-refractivity contribution in [3.8, 4) is 0 Å². The van der Waals surface area contributed by atoms with E-state index in [0.29, 0.717) is 16.7 Å². The highest BCUT2D eigenvalue weighted by atomic mass is 35.5. The molecule has 0 unspecified atom stereocenters. The first kappa shape index (κ1) is 22.5. The van der Waals surface area contributed by atoms with Crippen LogP contribution in [0.2, 0.25) is 5.02 Å². The Labute approximate surface area is 195 Å². The Morgan fingerprint density at radius 3 is 2.75 bits per heavy atom. The molecule has 0 bridgehead atoms. The van der Waals surface area contributed by atoms with Crippen LogP contribution in [0.1, 0.15) is 32.8 Å². The topological polar surface area (TPSA) is 74.1 Å². The lowest BCUT2D eigenvalue weighted by molar-refractivity contribution is -0.125. The number of aliphatic imine (C=N–C) groups is 2. The largest absolute Gasteiger partial charge is 0.323 e. The summed E-state index contributed by atoms with van der Waals surface area (Å²) in [5.74, 6) is -0.544. The lowest BCUT2D eigenvalue weighted by Gasteiger charge is -2.27. The van der Waals surface area contributed by atoms with E-state index in [0.717, 1.165) is 29.8 Å². The summed E-state index contributed by atoms with van der Waals surface area (Å²) in [6.07, 6.45) is 0.813. The SMILES string of the molecule is CC[C@H](C)[C@@H]1N=C2c3ccccc3N=C(S[C@@H](C)C(=O)Nc3ccc(Cl)cc3F)N2C1=O. The molecule has 2 aliphatic rings. The van der Waals surface area contributed by atoms with E-state index >= 15 is 0 Å². The first-order valence-electron chi connectivity index (χ1n) is 10.3. The molecule has 9 heteroatoms. The fourth-order valence-corrected chi connectivity index (χ4v) is 4.55. The monoisotopic (exact) mass is 472 g/mol. The Morgan fingerprint density at radius 2 is 2.03 bits per heavy atom. The third-order valence-corrected chi connectivity index (χ3v) is 6.81. The van der Waals surface area contributed by atoms with Crippen molar-refractivity contribution in [2.45, 2.75) is 38.5 Å². The van der Waals surface area contributed by atoms with Crippen LogP contribution in [-0.4, -0.2) is 39.0 Å². The fraction of sp³-hybridized carbons (Fsp3) is 0.304. The van der Waals surface area contributed by atoms with Gasteiger partial charge in [-0.2, -0.15) is 0 Å². The van der Waals surface area contributed by atoms with E-state index in [-0.39, 0.29) is 22.5 Å². The van der Waals surface area contributed by atoms with Crippen molar-refractivity contribution >= 4 is 57.6 Å². The van der Waals surface area contributed by atoms with Gasteiger partial charge in [-0.1, -0.05) is 55.8 Å². The summed E-state index contributed by atoms with van der Waals surface area (Å²) in [6, 6.07) is 11.0. The quantitative estimate of drug-likeness (QED) is 0.646. The number of anilines is 1. The molecule has 4 rings (SSSR count). The van der Waals surface area contributed by atoms with Crippen molar-refractivity contribution in [2.24, 2.45) is 15.9 Å². The number of thioether (sulfide) groups is 1. The van der Waals surface area contributed by atoms with Crippen LogP contribution in [0.3, 0.4) is 0 Å². The second-order valence-corrected chi connectivity index (χ2v) is 9.49. The molecule has 0 spiro atoms. The molecule has 2 aliphatic heterocycles. The minimum atomic E-state index is -0.647. The number of amides is 2. The van der Waals surface area contributed by atoms with Crippen LogP contribution in [0.25, 0.3) is 0 Å². The number of hydrogen-bond donors (Lipinski definition) is 1. The number of fused-ring (bicyclic) bond motifs is 3. The molecule has 166 valence electrons. The average Bonchev–Trinajstić information content (AvgIpc) is 3.13. The van der Waals surface area contributed by atoms with Gasteiger partial charge in [-0.25, -0.2) is 14.3 Å². The van der Waals surface area contributed by atoms with Crippen LogP contribution in [-0.2, 0) is 9.59 Å². The number of nitrogens with one attached hydrogen (secondary N) is 1. The molecule has 32 heavy (non-hydrogen) atoms. The van der Waals surface area contributed by atoms with Crippen molar-refractivity contribution in [1.82, 2.24) is 4.90 Å². The normalized spacial score (nSPS) is 19.0. The van der Waals surface area contributed by atoms with E-state index in [9.17, 15) is 14.0 Å². The Hall–Kier alpha value is -2.71. The molecule has 2 aromatic rings. The highest BCUT2D eigenvalue weighted by molar-refractivity contribution is 8.15. The number of para-hydroxylation sites is 1. The van der Waals surface area contributed by atoms with E-state index in [1.165, 1.54) is 17.0 Å². The van der Waals surface area contributed by atoms with Crippen LogP contribution in [0, 0.1) is 11.7 Å². The van der Waals surface area contributed by atoms with Gasteiger partial charge in [0.15, 0.2) is 5.17 Å². The predicted octanol–water partition coefficient (Wildman–Crippen LogP) is 5.24. The zero-order valence-corrected chi connectivity index (χ0v) is 19.4. The predicted molar refractivity (Wildman–Crippen MR) is 127 cm³/mol. The van der Waals surface area contributed by atoms with Crippen molar-refractivity contribution in [3.05, 3.63) is 58.9 Å². The first-order chi connectivity index (χ1) is 15.3. The van der Waals surface area contributed by atoms with Crippen molar-refractivity contribution in [2.75, 3.05) is 5.32 Å². The van der Waals surface area contributed by atoms with Gasteiger partial charge in [-0.05, 0) is 43.2 Å². The second-order valence-electron chi connectivity index (χ2n) is 7.74. The molecule has 0 fully saturated rings. The zero-order valence-electron chi connectivity index (χ0n) is 17.8. The van der Waals surface area contributed by atoms with Crippen LogP contribution < -0.4 is 5.32 Å². The number of carbonyl (C=O) groups is 2. The maximum Gasteiger partial charge on any atom is 0.259 e. The van der Waals surface area contributed by atoms with Gasteiger partial charge in [-0.3, -0.25) is 14.6 Å². The van der Waals surface area contributed by atoms with Crippen LogP contribution in [0.5, 0.6) is 0 Å². The van der Waals surface area contributed by atoms with Gasteiger partial charge in [0.2, 0.25) is 5.91 Å². The standard InChI is InChI=1S/C23H22ClFN4O2S/c1-4-12(2)19-22(31)29-20(28-19)15-7-5-6-8-17(15)27-23(29)32-13(3)21(30)26-18-10-9-14(24)11-16(18)25/h5-13,19H,4H2,1-3H3,(H,26,30)/t12-,13-,19-/m0/s1. The molecule has 0 aliphatic carbocycles. The van der Waals surface area contributed by atoms with E-state index in [1.54, 1.807) is 6.92 Å². The van der Waals surface area contributed by atoms with Gasteiger partial charge >= 0.3 is 0 Å². The summed E-state index contributed by atoms with van der Waals surface area (Å²) >= 11 is 6.91. The number of amidine groups is 2. The Balaban J connectivity index is 1.60. The third kappa shape index (κ3) is 4.17. The summed E-state index contributed by atoms with van der Waals surface area (Å²) in [4.78, 5) is 36.9. The van der Waals surface area contributed by atoms with Gasteiger partial charge in [-0.15, -0.1) is 0 Å². The maximum atomic E-state index is 14.1. The summed E-state index contributed by atoms with van der Waals surface area (Å²) in [6.45, 7) is 5.70. The average molecular weight is 473 g/mol. The number of nitrogens with zero attached hydrogens (tertiary/aromatic N) is 3. The minimum Gasteiger partial charge on any atom is -0.323 e. The van der Waals surface area contributed by atoms with Gasteiger partial charge < -0.3 is 5.32 Å².